The van der Waals surface area contributed by atoms with Gasteiger partial charge in [-0.25, -0.2) is 0 Å². The molecule has 2 heterocycles. The number of oxime groups is 1. The summed E-state index contributed by atoms with van der Waals surface area (Å²) in [6, 6.07) is 3.64. The van der Waals surface area contributed by atoms with Crippen LogP contribution in [0, 0.1) is 0 Å². The van der Waals surface area contributed by atoms with Gasteiger partial charge in [0.2, 0.25) is 11.9 Å². The lowest BCUT2D eigenvalue weighted by molar-refractivity contribution is -0.142. The lowest BCUT2D eigenvalue weighted by Crippen LogP contribution is -2.39. The number of benzene rings is 1. The number of methoxy groups -OCH3 is 3. The Morgan fingerprint density at radius 2 is 1.65 bits per heavy atom. The number of likely N-dealkylation sites (tertiary alicyclic amines) is 1. The topological polar surface area (TPSA) is 69.6 Å². The molecular formula is C19H26N2O5. The van der Waals surface area contributed by atoms with Gasteiger partial charge >= 0.3 is 0 Å². The molecule has 1 atom stereocenters. The van der Waals surface area contributed by atoms with Crippen LogP contribution in [-0.2, 0) is 9.63 Å². The van der Waals surface area contributed by atoms with Crippen LogP contribution in [0.1, 0.15) is 37.7 Å². The van der Waals surface area contributed by atoms with Crippen molar-refractivity contribution in [1.82, 2.24) is 4.90 Å². The van der Waals surface area contributed by atoms with Gasteiger partial charge < -0.3 is 23.9 Å². The van der Waals surface area contributed by atoms with E-state index in [0.717, 1.165) is 31.5 Å². The smallest absolute Gasteiger partial charge is 0.266 e. The molecule has 1 aromatic rings. The SMILES string of the molecule is COc1cc(C2=NO[C@@H](C(=O)N3CCCCCC3)C2)cc(OC)c1OC. The molecule has 7 heteroatoms. The summed E-state index contributed by atoms with van der Waals surface area (Å²) in [5.41, 5.74) is 1.50. The van der Waals surface area contributed by atoms with E-state index >= 15 is 0 Å². The van der Waals surface area contributed by atoms with E-state index in [1.807, 2.05) is 17.0 Å². The van der Waals surface area contributed by atoms with Gasteiger partial charge in [0.15, 0.2) is 11.5 Å². The fraction of sp³-hybridized carbons (Fsp3) is 0.579. The van der Waals surface area contributed by atoms with Gasteiger partial charge in [-0.05, 0) is 25.0 Å². The summed E-state index contributed by atoms with van der Waals surface area (Å²) in [5.74, 6) is 1.65. The number of hydrogen-bond acceptors (Lipinski definition) is 6. The molecule has 1 amide bonds. The summed E-state index contributed by atoms with van der Waals surface area (Å²) in [4.78, 5) is 20.1. The molecule has 0 aliphatic carbocycles. The van der Waals surface area contributed by atoms with Crippen molar-refractivity contribution in [3.05, 3.63) is 17.7 Å². The Morgan fingerprint density at radius 3 is 2.19 bits per heavy atom. The van der Waals surface area contributed by atoms with Gasteiger partial charge in [0.1, 0.15) is 0 Å². The Bertz CT molecular complexity index is 656. The molecule has 0 saturated carbocycles. The Kier molecular flexibility index (Phi) is 5.85. The normalized spacial score (nSPS) is 20.0. The third-order valence-electron chi connectivity index (χ3n) is 4.86. The largest absolute Gasteiger partial charge is 0.493 e. The van der Waals surface area contributed by atoms with Crippen molar-refractivity contribution in [3.8, 4) is 17.2 Å². The second-order valence-corrected chi connectivity index (χ2v) is 6.49. The zero-order chi connectivity index (χ0) is 18.5. The summed E-state index contributed by atoms with van der Waals surface area (Å²) < 4.78 is 16.1. The lowest BCUT2D eigenvalue weighted by Gasteiger charge is -2.22. The van der Waals surface area contributed by atoms with Crippen LogP contribution in [0.4, 0.5) is 0 Å². The molecule has 1 aromatic carbocycles. The van der Waals surface area contributed by atoms with E-state index < -0.39 is 6.10 Å². The molecule has 142 valence electrons. The second-order valence-electron chi connectivity index (χ2n) is 6.49. The van der Waals surface area contributed by atoms with Crippen LogP contribution >= 0.6 is 0 Å². The molecule has 0 spiro atoms. The third-order valence-corrected chi connectivity index (χ3v) is 4.86. The van der Waals surface area contributed by atoms with Crippen LogP contribution in [-0.4, -0.2) is 57.0 Å². The van der Waals surface area contributed by atoms with Gasteiger partial charge in [-0.3, -0.25) is 4.79 Å². The van der Waals surface area contributed by atoms with Crippen LogP contribution in [0.5, 0.6) is 17.2 Å². The number of carbonyl (C=O) groups is 1. The van der Waals surface area contributed by atoms with Gasteiger partial charge in [-0.15, -0.1) is 0 Å². The first-order valence-electron chi connectivity index (χ1n) is 8.99. The van der Waals surface area contributed by atoms with Gasteiger partial charge in [0, 0.05) is 25.1 Å². The highest BCUT2D eigenvalue weighted by Gasteiger charge is 2.33. The van der Waals surface area contributed by atoms with Crippen molar-refractivity contribution in [3.63, 3.8) is 0 Å². The Hall–Kier alpha value is -2.44. The fourth-order valence-corrected chi connectivity index (χ4v) is 3.42. The summed E-state index contributed by atoms with van der Waals surface area (Å²) >= 11 is 0. The van der Waals surface area contributed by atoms with Gasteiger partial charge in [-0.2, -0.15) is 0 Å². The van der Waals surface area contributed by atoms with E-state index in [-0.39, 0.29) is 5.91 Å². The zero-order valence-electron chi connectivity index (χ0n) is 15.6. The number of carbonyl (C=O) groups excluding carboxylic acids is 1. The molecule has 0 bridgehead atoms. The van der Waals surface area contributed by atoms with Crippen LogP contribution < -0.4 is 14.2 Å². The predicted octanol–water partition coefficient (Wildman–Crippen LogP) is 2.61. The summed E-state index contributed by atoms with van der Waals surface area (Å²) in [6.45, 7) is 1.61. The van der Waals surface area contributed by atoms with E-state index in [4.69, 9.17) is 19.0 Å². The highest BCUT2D eigenvalue weighted by molar-refractivity contribution is 6.04. The van der Waals surface area contributed by atoms with Gasteiger partial charge in [-0.1, -0.05) is 18.0 Å². The minimum Gasteiger partial charge on any atom is -0.493 e. The van der Waals surface area contributed by atoms with E-state index in [1.54, 1.807) is 21.3 Å². The van der Waals surface area contributed by atoms with E-state index in [9.17, 15) is 4.79 Å². The number of hydrogen-bond donors (Lipinski definition) is 0. The monoisotopic (exact) mass is 362 g/mol. The average molecular weight is 362 g/mol. The standard InChI is InChI=1S/C19H26N2O5/c1-23-15-10-13(11-16(24-2)18(15)25-3)14-12-17(26-20-14)19(22)21-8-6-4-5-7-9-21/h10-11,17H,4-9,12H2,1-3H3/t17-/m1/s1. The lowest BCUT2D eigenvalue weighted by atomic mass is 10.0. The van der Waals surface area contributed by atoms with Gasteiger partial charge in [0.25, 0.3) is 5.91 Å². The van der Waals surface area contributed by atoms with Crippen molar-refractivity contribution < 1.29 is 23.8 Å². The summed E-state index contributed by atoms with van der Waals surface area (Å²) in [7, 11) is 4.70. The molecule has 7 nitrogen and oxygen atoms in total. The summed E-state index contributed by atoms with van der Waals surface area (Å²) in [6.07, 6.45) is 4.36. The van der Waals surface area contributed by atoms with Crippen molar-refractivity contribution in [1.29, 1.82) is 0 Å². The van der Waals surface area contributed by atoms with Crippen LogP contribution in [0.3, 0.4) is 0 Å². The van der Waals surface area contributed by atoms with Gasteiger partial charge in [0.05, 0.1) is 27.0 Å². The third kappa shape index (κ3) is 3.71. The van der Waals surface area contributed by atoms with Crippen molar-refractivity contribution in [2.45, 2.75) is 38.2 Å². The molecule has 0 radical (unpaired) electrons. The number of ether oxygens (including phenoxy) is 3. The Morgan fingerprint density at radius 1 is 1.04 bits per heavy atom. The minimum atomic E-state index is -0.554. The average Bonchev–Trinajstić information content (AvgIpc) is 3.01. The number of amides is 1. The van der Waals surface area contributed by atoms with Crippen LogP contribution in [0.2, 0.25) is 0 Å². The quantitative estimate of drug-likeness (QED) is 0.805. The maximum atomic E-state index is 12.7. The maximum absolute atomic E-state index is 12.7. The second kappa shape index (κ2) is 8.29. The van der Waals surface area contributed by atoms with E-state index in [0.29, 0.717) is 29.4 Å². The first kappa shape index (κ1) is 18.4. The molecular weight excluding hydrogens is 336 g/mol. The Balaban J connectivity index is 1.74. The molecule has 0 unspecified atom stereocenters. The predicted molar refractivity (Wildman–Crippen MR) is 97.2 cm³/mol. The molecule has 0 N–H and O–H groups in total. The zero-order valence-corrected chi connectivity index (χ0v) is 15.6. The number of rotatable bonds is 5. The van der Waals surface area contributed by atoms with E-state index in [2.05, 4.69) is 5.16 Å². The molecule has 0 aromatic heterocycles. The van der Waals surface area contributed by atoms with Crippen LogP contribution in [0.15, 0.2) is 17.3 Å². The van der Waals surface area contributed by atoms with E-state index in [1.165, 1.54) is 12.8 Å². The highest BCUT2D eigenvalue weighted by atomic mass is 16.6. The molecule has 2 aliphatic heterocycles. The summed E-state index contributed by atoms with van der Waals surface area (Å²) in [5, 5.41) is 4.15. The molecule has 2 aliphatic rings. The molecule has 26 heavy (non-hydrogen) atoms. The van der Waals surface area contributed by atoms with Crippen molar-refractivity contribution >= 4 is 11.6 Å². The first-order valence-corrected chi connectivity index (χ1v) is 8.99. The molecule has 1 saturated heterocycles. The number of nitrogens with zero attached hydrogens (tertiary/aromatic N) is 2. The Labute approximate surface area is 153 Å². The highest BCUT2D eigenvalue weighted by Crippen LogP contribution is 2.39. The maximum Gasteiger partial charge on any atom is 0.266 e. The molecule has 3 rings (SSSR count). The minimum absolute atomic E-state index is 0.0260. The first-order chi connectivity index (χ1) is 12.7. The van der Waals surface area contributed by atoms with Crippen molar-refractivity contribution in [2.75, 3.05) is 34.4 Å². The van der Waals surface area contributed by atoms with Crippen LogP contribution in [0.25, 0.3) is 0 Å². The van der Waals surface area contributed by atoms with Crippen molar-refractivity contribution in [2.24, 2.45) is 5.16 Å². The molecule has 1 fully saturated rings. The fourth-order valence-electron chi connectivity index (χ4n) is 3.42.